The summed E-state index contributed by atoms with van der Waals surface area (Å²) in [5, 5.41) is 15.0. The minimum Gasteiger partial charge on any atom is -0.493 e. The average Bonchev–Trinajstić information content (AvgIpc) is 2.75. The highest BCUT2D eigenvalue weighted by Gasteiger charge is 2.16. The predicted molar refractivity (Wildman–Crippen MR) is 105 cm³/mol. The van der Waals surface area contributed by atoms with Gasteiger partial charge in [-0.1, -0.05) is 12.1 Å². The molecule has 0 aliphatic rings. The van der Waals surface area contributed by atoms with Crippen LogP contribution >= 0.6 is 0 Å². The van der Waals surface area contributed by atoms with Crippen molar-refractivity contribution >= 4 is 17.8 Å². The molecule has 0 saturated carbocycles. The molecule has 29 heavy (non-hydrogen) atoms. The third-order valence-electron chi connectivity index (χ3n) is 3.77. The van der Waals surface area contributed by atoms with E-state index in [1.807, 2.05) is 0 Å². The van der Waals surface area contributed by atoms with Crippen LogP contribution in [0, 0.1) is 10.1 Å². The maximum absolute atomic E-state index is 11.9. The lowest BCUT2D eigenvalue weighted by Gasteiger charge is -2.11. The fraction of sp³-hybridized carbons (Fsp3) is 0.0500. The number of methoxy groups -OCH3 is 1. The first kappa shape index (κ1) is 19.5. The van der Waals surface area contributed by atoms with Gasteiger partial charge in [0.15, 0.2) is 11.5 Å². The summed E-state index contributed by atoms with van der Waals surface area (Å²) in [4.78, 5) is 26.4. The smallest absolute Gasteiger partial charge is 0.311 e. The van der Waals surface area contributed by atoms with Gasteiger partial charge in [-0.05, 0) is 42.0 Å². The lowest BCUT2D eigenvalue weighted by Crippen LogP contribution is -2.17. The number of aromatic nitrogens is 1. The Morgan fingerprint density at radius 3 is 2.69 bits per heavy atom. The number of pyridine rings is 1. The highest BCUT2D eigenvalue weighted by atomic mass is 16.6. The summed E-state index contributed by atoms with van der Waals surface area (Å²) in [6.07, 6.45) is 4.44. The number of para-hydroxylation sites is 2. The molecule has 9 nitrogen and oxygen atoms in total. The Balaban J connectivity index is 1.74. The molecule has 1 N–H and O–H groups in total. The standard InChI is InChI=1S/C20H16N4O5/c1-28-19-11-14(12-22-23-20(25)15-5-4-10-21-13-15)8-9-18(19)29-17-7-3-2-6-16(17)24(26)27/h2-13H,1H3,(H,23,25)/b22-12-. The first-order valence-electron chi connectivity index (χ1n) is 8.41. The summed E-state index contributed by atoms with van der Waals surface area (Å²) in [5.74, 6) is 0.364. The van der Waals surface area contributed by atoms with Gasteiger partial charge in [-0.25, -0.2) is 5.43 Å². The van der Waals surface area contributed by atoms with E-state index < -0.39 is 10.8 Å². The molecule has 3 aromatic rings. The van der Waals surface area contributed by atoms with Gasteiger partial charge < -0.3 is 9.47 Å². The van der Waals surface area contributed by atoms with Crippen LogP contribution in [0.4, 0.5) is 5.69 Å². The molecule has 0 aliphatic heterocycles. The number of carbonyl (C=O) groups excluding carboxylic acids is 1. The SMILES string of the molecule is COc1cc(/C=N\NC(=O)c2cccnc2)ccc1Oc1ccccc1[N+](=O)[O-]. The van der Waals surface area contributed by atoms with Gasteiger partial charge in [-0.3, -0.25) is 19.9 Å². The Labute approximate surface area is 165 Å². The minimum absolute atomic E-state index is 0.0981. The molecule has 0 saturated heterocycles. The molecule has 0 bridgehead atoms. The van der Waals surface area contributed by atoms with Crippen molar-refractivity contribution in [3.8, 4) is 17.2 Å². The van der Waals surface area contributed by atoms with Crippen molar-refractivity contribution in [2.45, 2.75) is 0 Å². The first-order chi connectivity index (χ1) is 14.1. The highest BCUT2D eigenvalue weighted by molar-refractivity contribution is 5.94. The second-order valence-corrected chi connectivity index (χ2v) is 5.68. The van der Waals surface area contributed by atoms with Gasteiger partial charge in [0, 0.05) is 18.5 Å². The molecule has 0 aliphatic carbocycles. The van der Waals surface area contributed by atoms with E-state index in [1.165, 1.54) is 31.7 Å². The van der Waals surface area contributed by atoms with Crippen molar-refractivity contribution in [2.75, 3.05) is 7.11 Å². The van der Waals surface area contributed by atoms with Gasteiger partial charge in [0.25, 0.3) is 5.91 Å². The number of amides is 1. The van der Waals surface area contributed by atoms with Crippen LogP contribution in [0.15, 0.2) is 72.1 Å². The van der Waals surface area contributed by atoms with Crippen molar-refractivity contribution < 1.29 is 19.2 Å². The molecule has 0 atom stereocenters. The minimum atomic E-state index is -0.520. The molecular formula is C20H16N4O5. The number of nitro groups is 1. The fourth-order valence-corrected chi connectivity index (χ4v) is 2.39. The molecule has 0 spiro atoms. The Bertz CT molecular complexity index is 1050. The van der Waals surface area contributed by atoms with Crippen molar-refractivity contribution in [3.63, 3.8) is 0 Å². The van der Waals surface area contributed by atoms with Crippen LogP contribution in [0.2, 0.25) is 0 Å². The van der Waals surface area contributed by atoms with E-state index in [4.69, 9.17) is 9.47 Å². The van der Waals surface area contributed by atoms with E-state index in [1.54, 1.807) is 48.7 Å². The Hall–Kier alpha value is -4.27. The molecule has 2 aromatic carbocycles. The molecular weight excluding hydrogens is 376 g/mol. The Kier molecular flexibility index (Phi) is 6.11. The quantitative estimate of drug-likeness (QED) is 0.373. The molecule has 1 aromatic heterocycles. The monoisotopic (exact) mass is 392 g/mol. The van der Waals surface area contributed by atoms with Crippen LogP contribution in [0.1, 0.15) is 15.9 Å². The Morgan fingerprint density at radius 2 is 1.97 bits per heavy atom. The number of hydrogen-bond donors (Lipinski definition) is 1. The summed E-state index contributed by atoms with van der Waals surface area (Å²) < 4.78 is 11.0. The van der Waals surface area contributed by atoms with Crippen LogP contribution in [0.5, 0.6) is 17.2 Å². The number of nitro benzene ring substituents is 1. The first-order valence-corrected chi connectivity index (χ1v) is 8.41. The van der Waals surface area contributed by atoms with Crippen LogP contribution < -0.4 is 14.9 Å². The summed E-state index contributed by atoms with van der Waals surface area (Å²) in [5.41, 5.74) is 3.26. The fourth-order valence-electron chi connectivity index (χ4n) is 2.39. The van der Waals surface area contributed by atoms with E-state index in [0.29, 0.717) is 22.6 Å². The molecule has 146 valence electrons. The average molecular weight is 392 g/mol. The van der Waals surface area contributed by atoms with Crippen molar-refractivity contribution in [2.24, 2.45) is 5.10 Å². The molecule has 9 heteroatoms. The Morgan fingerprint density at radius 1 is 1.14 bits per heavy atom. The van der Waals surface area contributed by atoms with Crippen LogP contribution in [-0.4, -0.2) is 29.1 Å². The van der Waals surface area contributed by atoms with Crippen molar-refractivity contribution in [3.05, 3.63) is 88.2 Å². The number of benzene rings is 2. The topological polar surface area (TPSA) is 116 Å². The van der Waals surface area contributed by atoms with Crippen LogP contribution in [0.3, 0.4) is 0 Å². The van der Waals surface area contributed by atoms with E-state index in [2.05, 4.69) is 15.5 Å². The van der Waals surface area contributed by atoms with Gasteiger partial charge in [0.2, 0.25) is 5.75 Å². The number of hydrazone groups is 1. The van der Waals surface area contributed by atoms with E-state index in [0.717, 1.165) is 0 Å². The lowest BCUT2D eigenvalue weighted by molar-refractivity contribution is -0.385. The summed E-state index contributed by atoms with van der Waals surface area (Å²) in [7, 11) is 1.45. The zero-order valence-corrected chi connectivity index (χ0v) is 15.3. The van der Waals surface area contributed by atoms with E-state index in [9.17, 15) is 14.9 Å². The third kappa shape index (κ3) is 4.92. The maximum atomic E-state index is 11.9. The number of carbonyl (C=O) groups is 1. The van der Waals surface area contributed by atoms with Crippen molar-refractivity contribution in [1.82, 2.24) is 10.4 Å². The highest BCUT2D eigenvalue weighted by Crippen LogP contribution is 2.36. The van der Waals surface area contributed by atoms with E-state index >= 15 is 0 Å². The number of nitrogens with zero attached hydrogens (tertiary/aromatic N) is 3. The zero-order chi connectivity index (χ0) is 20.6. The summed E-state index contributed by atoms with van der Waals surface area (Å²) >= 11 is 0. The number of rotatable bonds is 7. The normalized spacial score (nSPS) is 10.5. The molecule has 0 radical (unpaired) electrons. The summed E-state index contributed by atoms with van der Waals surface area (Å²) in [6, 6.07) is 14.2. The molecule has 1 heterocycles. The van der Waals surface area contributed by atoms with Crippen LogP contribution in [-0.2, 0) is 0 Å². The third-order valence-corrected chi connectivity index (χ3v) is 3.77. The van der Waals surface area contributed by atoms with Crippen LogP contribution in [0.25, 0.3) is 0 Å². The predicted octanol–water partition coefficient (Wildman–Crippen LogP) is 3.55. The molecule has 3 rings (SSSR count). The number of nitrogens with one attached hydrogen (secondary N) is 1. The molecule has 1 amide bonds. The maximum Gasteiger partial charge on any atom is 0.311 e. The second kappa shape index (κ2) is 9.09. The van der Waals surface area contributed by atoms with Gasteiger partial charge in [0.1, 0.15) is 0 Å². The van der Waals surface area contributed by atoms with Crippen molar-refractivity contribution in [1.29, 1.82) is 0 Å². The molecule has 0 unspecified atom stereocenters. The van der Waals surface area contributed by atoms with Gasteiger partial charge in [-0.2, -0.15) is 5.10 Å². The van der Waals surface area contributed by atoms with E-state index in [-0.39, 0.29) is 11.4 Å². The van der Waals surface area contributed by atoms with Gasteiger partial charge in [0.05, 0.1) is 23.8 Å². The lowest BCUT2D eigenvalue weighted by atomic mass is 10.2. The number of ether oxygens (including phenoxy) is 2. The van der Waals surface area contributed by atoms with Gasteiger partial charge in [-0.15, -0.1) is 0 Å². The largest absolute Gasteiger partial charge is 0.493 e. The zero-order valence-electron chi connectivity index (χ0n) is 15.3. The summed E-state index contributed by atoms with van der Waals surface area (Å²) in [6.45, 7) is 0. The number of hydrogen-bond acceptors (Lipinski definition) is 7. The second-order valence-electron chi connectivity index (χ2n) is 5.68. The molecule has 0 fully saturated rings. The van der Waals surface area contributed by atoms with Gasteiger partial charge >= 0.3 is 5.69 Å².